The number of H-pyrrole nitrogens is 1. The van der Waals surface area contributed by atoms with Crippen LogP contribution in [0.3, 0.4) is 0 Å². The molecular weight excluding hydrogens is 308 g/mol. The van der Waals surface area contributed by atoms with Crippen molar-refractivity contribution in [2.75, 3.05) is 37.6 Å². The summed E-state index contributed by atoms with van der Waals surface area (Å²) in [5.74, 6) is 0. The average molecular weight is 332 g/mol. The molecule has 25 heavy (non-hydrogen) atoms. The van der Waals surface area contributed by atoms with E-state index in [1.807, 2.05) is 6.20 Å². The molecule has 0 spiro atoms. The zero-order valence-electron chi connectivity index (χ0n) is 14.7. The summed E-state index contributed by atoms with van der Waals surface area (Å²) < 4.78 is 0. The minimum Gasteiger partial charge on any atom is -0.369 e. The standard InChI is InChI=1S/C21H24N4/c1-17(13-18-5-3-2-4-6-18)16-24-9-11-25(12-10-24)20-8-7-19-15-22-23-21(19)14-20/h2-8,13-15H,9-12,16H2,1H3,(H,22,23)/b17-13+. The number of hydrogen-bond acceptors (Lipinski definition) is 3. The number of aromatic amines is 1. The highest BCUT2D eigenvalue weighted by atomic mass is 15.3. The van der Waals surface area contributed by atoms with E-state index in [0.29, 0.717) is 0 Å². The summed E-state index contributed by atoms with van der Waals surface area (Å²) in [4.78, 5) is 5.01. The van der Waals surface area contributed by atoms with Gasteiger partial charge in [0.1, 0.15) is 0 Å². The SMILES string of the molecule is C/C(=C\c1ccccc1)CN1CCN(c2ccc3cn[nH]c3c2)CC1. The largest absolute Gasteiger partial charge is 0.369 e. The predicted octanol–water partition coefficient (Wildman–Crippen LogP) is 3.79. The fraction of sp³-hybridized carbons (Fsp3) is 0.286. The van der Waals surface area contributed by atoms with Gasteiger partial charge in [0.2, 0.25) is 0 Å². The third-order valence-electron chi connectivity index (χ3n) is 4.85. The summed E-state index contributed by atoms with van der Waals surface area (Å²) in [5.41, 5.74) is 5.10. The molecule has 0 atom stereocenters. The zero-order valence-corrected chi connectivity index (χ0v) is 14.7. The number of hydrogen-bond donors (Lipinski definition) is 1. The lowest BCUT2D eigenvalue weighted by Crippen LogP contribution is -2.46. The number of anilines is 1. The molecule has 1 saturated heterocycles. The van der Waals surface area contributed by atoms with Crippen LogP contribution in [0.25, 0.3) is 17.0 Å². The van der Waals surface area contributed by atoms with Gasteiger partial charge in [-0.3, -0.25) is 10.00 Å². The number of nitrogens with zero attached hydrogens (tertiary/aromatic N) is 3. The number of rotatable bonds is 4. The Kier molecular flexibility index (Phi) is 4.53. The maximum absolute atomic E-state index is 4.11. The molecule has 128 valence electrons. The Morgan fingerprint density at radius 2 is 1.88 bits per heavy atom. The highest BCUT2D eigenvalue weighted by molar-refractivity contribution is 5.81. The lowest BCUT2D eigenvalue weighted by Gasteiger charge is -2.36. The number of piperazine rings is 1. The van der Waals surface area contributed by atoms with Crippen molar-refractivity contribution in [3.8, 4) is 0 Å². The van der Waals surface area contributed by atoms with Gasteiger partial charge in [-0.25, -0.2) is 0 Å². The van der Waals surface area contributed by atoms with Crippen LogP contribution < -0.4 is 4.90 Å². The second-order valence-electron chi connectivity index (χ2n) is 6.81. The van der Waals surface area contributed by atoms with Crippen molar-refractivity contribution in [2.24, 2.45) is 0 Å². The molecule has 2 heterocycles. The summed E-state index contributed by atoms with van der Waals surface area (Å²) in [6.07, 6.45) is 4.16. The molecule has 0 radical (unpaired) electrons. The number of fused-ring (bicyclic) bond motifs is 1. The fourth-order valence-corrected chi connectivity index (χ4v) is 3.52. The van der Waals surface area contributed by atoms with Crippen LogP contribution in [0.4, 0.5) is 5.69 Å². The lowest BCUT2D eigenvalue weighted by molar-refractivity contribution is 0.279. The molecular formula is C21H24N4. The Bertz CT molecular complexity index is 858. The highest BCUT2D eigenvalue weighted by Gasteiger charge is 2.17. The van der Waals surface area contributed by atoms with Crippen LogP contribution in [0.1, 0.15) is 12.5 Å². The van der Waals surface area contributed by atoms with Crippen LogP contribution in [0.15, 0.2) is 60.3 Å². The van der Waals surface area contributed by atoms with Crippen LogP contribution in [0, 0.1) is 0 Å². The number of aromatic nitrogens is 2. The van der Waals surface area contributed by atoms with Crippen molar-refractivity contribution in [1.29, 1.82) is 0 Å². The Morgan fingerprint density at radius 1 is 1.08 bits per heavy atom. The third-order valence-corrected chi connectivity index (χ3v) is 4.85. The molecule has 0 saturated carbocycles. The van der Waals surface area contributed by atoms with Gasteiger partial charge >= 0.3 is 0 Å². The summed E-state index contributed by atoms with van der Waals surface area (Å²) in [7, 11) is 0. The van der Waals surface area contributed by atoms with Gasteiger partial charge in [-0.2, -0.15) is 5.10 Å². The number of benzene rings is 2. The molecule has 1 N–H and O–H groups in total. The molecule has 4 rings (SSSR count). The van der Waals surface area contributed by atoms with Crippen molar-refractivity contribution < 1.29 is 0 Å². The predicted molar refractivity (Wildman–Crippen MR) is 105 cm³/mol. The summed E-state index contributed by atoms with van der Waals surface area (Å²) in [6.45, 7) is 7.60. The quantitative estimate of drug-likeness (QED) is 0.789. The first kappa shape index (κ1) is 15.9. The zero-order chi connectivity index (χ0) is 17.1. The Balaban J connectivity index is 1.35. The van der Waals surface area contributed by atoms with Gasteiger partial charge < -0.3 is 4.90 Å². The monoisotopic (exact) mass is 332 g/mol. The molecule has 4 nitrogen and oxygen atoms in total. The topological polar surface area (TPSA) is 35.2 Å². The highest BCUT2D eigenvalue weighted by Crippen LogP contribution is 2.22. The van der Waals surface area contributed by atoms with Gasteiger partial charge in [0.25, 0.3) is 0 Å². The second-order valence-corrected chi connectivity index (χ2v) is 6.81. The Labute approximate surface area is 148 Å². The molecule has 0 amide bonds. The molecule has 0 aliphatic carbocycles. The van der Waals surface area contributed by atoms with E-state index < -0.39 is 0 Å². The molecule has 4 heteroatoms. The van der Waals surface area contributed by atoms with Crippen molar-refractivity contribution in [1.82, 2.24) is 15.1 Å². The summed E-state index contributed by atoms with van der Waals surface area (Å²) >= 11 is 0. The third kappa shape index (κ3) is 3.74. The van der Waals surface area contributed by atoms with E-state index in [9.17, 15) is 0 Å². The van der Waals surface area contributed by atoms with Crippen molar-refractivity contribution >= 4 is 22.7 Å². The normalized spacial score (nSPS) is 16.5. The van der Waals surface area contributed by atoms with Gasteiger partial charge in [0.05, 0.1) is 11.7 Å². The van der Waals surface area contributed by atoms with Gasteiger partial charge in [-0.1, -0.05) is 42.0 Å². The molecule has 0 unspecified atom stereocenters. The van der Waals surface area contributed by atoms with Gasteiger partial charge in [0, 0.05) is 43.8 Å². The summed E-state index contributed by atoms with van der Waals surface area (Å²) in [6, 6.07) is 17.1. The first-order valence-corrected chi connectivity index (χ1v) is 8.90. The fourth-order valence-electron chi connectivity index (χ4n) is 3.52. The van der Waals surface area contributed by atoms with Crippen LogP contribution in [-0.4, -0.2) is 47.8 Å². The maximum atomic E-state index is 4.11. The van der Waals surface area contributed by atoms with E-state index in [0.717, 1.165) is 38.2 Å². The average Bonchev–Trinajstić information content (AvgIpc) is 3.11. The Hall–Kier alpha value is -2.59. The second kappa shape index (κ2) is 7.11. The van der Waals surface area contributed by atoms with Gasteiger partial charge in [0.15, 0.2) is 0 Å². The molecule has 1 aliphatic heterocycles. The van der Waals surface area contributed by atoms with Crippen LogP contribution in [-0.2, 0) is 0 Å². The van der Waals surface area contributed by atoms with Gasteiger partial charge in [-0.15, -0.1) is 0 Å². The van der Waals surface area contributed by atoms with E-state index in [1.54, 1.807) is 0 Å². The molecule has 3 aromatic rings. The van der Waals surface area contributed by atoms with E-state index in [1.165, 1.54) is 22.2 Å². The van der Waals surface area contributed by atoms with E-state index in [-0.39, 0.29) is 0 Å². The van der Waals surface area contributed by atoms with E-state index >= 15 is 0 Å². The smallest absolute Gasteiger partial charge is 0.0670 e. The van der Waals surface area contributed by atoms with Crippen LogP contribution in [0.2, 0.25) is 0 Å². The minimum atomic E-state index is 1.04. The summed E-state index contributed by atoms with van der Waals surface area (Å²) in [5, 5.41) is 8.34. The van der Waals surface area contributed by atoms with Gasteiger partial charge in [-0.05, 0) is 30.7 Å². The molecule has 1 fully saturated rings. The van der Waals surface area contributed by atoms with E-state index in [4.69, 9.17) is 0 Å². The lowest BCUT2D eigenvalue weighted by atomic mass is 10.1. The maximum Gasteiger partial charge on any atom is 0.0670 e. The van der Waals surface area contributed by atoms with Crippen LogP contribution in [0.5, 0.6) is 0 Å². The Morgan fingerprint density at radius 3 is 2.68 bits per heavy atom. The number of nitrogens with one attached hydrogen (secondary N) is 1. The molecule has 1 aliphatic rings. The van der Waals surface area contributed by atoms with Crippen molar-refractivity contribution in [2.45, 2.75) is 6.92 Å². The van der Waals surface area contributed by atoms with Crippen molar-refractivity contribution in [3.63, 3.8) is 0 Å². The van der Waals surface area contributed by atoms with Crippen LogP contribution >= 0.6 is 0 Å². The minimum absolute atomic E-state index is 1.04. The molecule has 0 bridgehead atoms. The van der Waals surface area contributed by atoms with E-state index in [2.05, 4.69) is 81.5 Å². The molecule has 2 aromatic carbocycles. The first-order chi connectivity index (χ1) is 12.3. The first-order valence-electron chi connectivity index (χ1n) is 8.90. The molecule has 1 aromatic heterocycles. The van der Waals surface area contributed by atoms with Crippen molar-refractivity contribution in [3.05, 3.63) is 65.9 Å².